The zero-order valence-corrected chi connectivity index (χ0v) is 10.3. The highest BCUT2D eigenvalue weighted by Gasteiger charge is 2.14. The predicted molar refractivity (Wildman–Crippen MR) is 64.2 cm³/mol. The number of ether oxygens (including phenoxy) is 1. The summed E-state index contributed by atoms with van der Waals surface area (Å²) in [4.78, 5) is 11.0. The Hall–Kier alpha value is -1.47. The van der Waals surface area contributed by atoms with Crippen molar-refractivity contribution in [2.75, 3.05) is 17.2 Å². The third-order valence-corrected chi connectivity index (χ3v) is 2.65. The van der Waals surface area contributed by atoms with Gasteiger partial charge >= 0.3 is 16.3 Å². The van der Waals surface area contributed by atoms with Gasteiger partial charge in [-0.05, 0) is 12.1 Å². The van der Waals surface area contributed by atoms with Gasteiger partial charge in [-0.1, -0.05) is 18.2 Å². The second-order valence-electron chi connectivity index (χ2n) is 2.90. The van der Waals surface area contributed by atoms with Crippen molar-refractivity contribution in [3.63, 3.8) is 0 Å². The molecule has 17 heavy (non-hydrogen) atoms. The fourth-order valence-electron chi connectivity index (χ4n) is 0.957. The van der Waals surface area contributed by atoms with E-state index in [1.54, 1.807) is 35.1 Å². The second-order valence-corrected chi connectivity index (χ2v) is 4.69. The Bertz CT molecular complexity index is 463. The molecule has 0 aliphatic carbocycles. The Morgan fingerprint density at radius 3 is 2.53 bits per heavy atom. The Morgan fingerprint density at radius 1 is 1.29 bits per heavy atom. The lowest BCUT2D eigenvalue weighted by Gasteiger charge is -2.08. The van der Waals surface area contributed by atoms with Crippen LogP contribution in [0.25, 0.3) is 0 Å². The largest absolute Gasteiger partial charge is 0.448 e. The fourth-order valence-corrected chi connectivity index (χ4v) is 1.81. The maximum Gasteiger partial charge on any atom is 0.422 e. The van der Waals surface area contributed by atoms with Gasteiger partial charge in [-0.3, -0.25) is 4.72 Å². The number of carbonyl (C=O) groups excluding carboxylic acids is 1. The molecule has 0 aliphatic rings. The molecule has 0 saturated heterocycles. The number of anilines is 1. The summed E-state index contributed by atoms with van der Waals surface area (Å²) in [6.45, 7) is -0.0613. The number of hydrogen-bond donors (Lipinski definition) is 2. The molecule has 8 heteroatoms. The molecule has 0 aliphatic heterocycles. The molecule has 94 valence electrons. The third-order valence-electron chi connectivity index (χ3n) is 1.55. The smallest absolute Gasteiger partial charge is 0.422 e. The molecule has 1 aromatic rings. The molecule has 0 bridgehead atoms. The lowest BCUT2D eigenvalue weighted by molar-refractivity contribution is 0.159. The number of hydrogen-bond acceptors (Lipinski definition) is 4. The Morgan fingerprint density at radius 2 is 1.94 bits per heavy atom. The first kappa shape index (κ1) is 13.6. The van der Waals surface area contributed by atoms with Gasteiger partial charge in [0.25, 0.3) is 0 Å². The molecule has 1 amide bonds. The molecule has 1 aromatic carbocycles. The minimum atomic E-state index is -3.98. The lowest BCUT2D eigenvalue weighted by atomic mass is 10.3. The summed E-state index contributed by atoms with van der Waals surface area (Å²) < 4.78 is 31.1. The van der Waals surface area contributed by atoms with E-state index in [1.165, 1.54) is 0 Å². The summed E-state index contributed by atoms with van der Waals surface area (Å²) >= 11 is 5.28. The molecule has 1 rings (SSSR count). The maximum absolute atomic E-state index is 11.4. The standard InChI is InChI=1S/C9H11ClN2O4S/c10-6-7-16-9(13)12-17(14,15)11-8-4-2-1-3-5-8/h1-5,11H,6-7H2,(H,12,13). The first-order valence-corrected chi connectivity index (χ1v) is 6.63. The molecule has 0 saturated carbocycles. The molecule has 0 radical (unpaired) electrons. The summed E-state index contributed by atoms with van der Waals surface area (Å²) in [6.07, 6.45) is -1.07. The molecule has 0 atom stereocenters. The van der Waals surface area contributed by atoms with E-state index < -0.39 is 16.3 Å². The van der Waals surface area contributed by atoms with Crippen LogP contribution in [0, 0.1) is 0 Å². The fraction of sp³-hybridized carbons (Fsp3) is 0.222. The van der Waals surface area contributed by atoms with Crippen molar-refractivity contribution in [1.82, 2.24) is 4.72 Å². The first-order chi connectivity index (χ1) is 8.03. The van der Waals surface area contributed by atoms with Crippen LogP contribution in [0.2, 0.25) is 0 Å². The van der Waals surface area contributed by atoms with Gasteiger partial charge in [-0.2, -0.15) is 8.42 Å². The van der Waals surface area contributed by atoms with Gasteiger partial charge in [0.1, 0.15) is 6.61 Å². The zero-order valence-electron chi connectivity index (χ0n) is 8.72. The summed E-state index contributed by atoms with van der Waals surface area (Å²) in [5, 5.41) is 0. The normalized spacial score (nSPS) is 10.6. The zero-order chi connectivity index (χ0) is 12.7. The van der Waals surface area contributed by atoms with Crippen LogP contribution in [0.3, 0.4) is 0 Å². The Kier molecular flexibility index (Phi) is 5.05. The van der Waals surface area contributed by atoms with E-state index in [-0.39, 0.29) is 12.5 Å². The first-order valence-electron chi connectivity index (χ1n) is 4.62. The SMILES string of the molecule is O=C(NS(=O)(=O)Nc1ccccc1)OCCCl. The van der Waals surface area contributed by atoms with Gasteiger partial charge in [0.2, 0.25) is 0 Å². The van der Waals surface area contributed by atoms with Crippen molar-refractivity contribution in [1.29, 1.82) is 0 Å². The average Bonchev–Trinajstić information content (AvgIpc) is 2.26. The van der Waals surface area contributed by atoms with Crippen LogP contribution in [-0.2, 0) is 14.9 Å². The van der Waals surface area contributed by atoms with E-state index in [0.717, 1.165) is 0 Å². The molecule has 0 spiro atoms. The molecule has 2 N–H and O–H groups in total. The number of carbonyl (C=O) groups is 1. The average molecular weight is 279 g/mol. The quantitative estimate of drug-likeness (QED) is 0.795. The molecule has 0 heterocycles. The summed E-state index contributed by atoms with van der Waals surface area (Å²) in [7, 11) is -3.98. The number of rotatable bonds is 5. The number of benzene rings is 1. The highest BCUT2D eigenvalue weighted by atomic mass is 35.5. The Labute approximate surface area is 104 Å². The molecular weight excluding hydrogens is 268 g/mol. The van der Waals surface area contributed by atoms with Crippen molar-refractivity contribution in [2.24, 2.45) is 0 Å². The minimum absolute atomic E-state index is 0.0613. The third kappa shape index (κ3) is 5.41. The number of para-hydroxylation sites is 1. The van der Waals surface area contributed by atoms with Crippen LogP contribution in [0.1, 0.15) is 0 Å². The highest BCUT2D eigenvalue weighted by Crippen LogP contribution is 2.06. The number of halogens is 1. The number of amides is 1. The maximum atomic E-state index is 11.4. The molecule has 0 unspecified atom stereocenters. The van der Waals surface area contributed by atoms with E-state index >= 15 is 0 Å². The highest BCUT2D eigenvalue weighted by molar-refractivity contribution is 7.91. The van der Waals surface area contributed by atoms with Gasteiger partial charge in [0.15, 0.2) is 0 Å². The van der Waals surface area contributed by atoms with Crippen molar-refractivity contribution < 1.29 is 17.9 Å². The summed E-state index contributed by atoms with van der Waals surface area (Å²) in [5.74, 6) is 0.0968. The van der Waals surface area contributed by atoms with Crippen LogP contribution in [0.15, 0.2) is 30.3 Å². The van der Waals surface area contributed by atoms with Gasteiger partial charge in [0.05, 0.1) is 11.6 Å². The van der Waals surface area contributed by atoms with E-state index in [2.05, 4.69) is 9.46 Å². The molecule has 6 nitrogen and oxygen atoms in total. The van der Waals surface area contributed by atoms with Gasteiger partial charge in [0, 0.05) is 0 Å². The summed E-state index contributed by atoms with van der Waals surface area (Å²) in [5.41, 5.74) is 0.338. The van der Waals surface area contributed by atoms with Crippen LogP contribution in [-0.4, -0.2) is 27.0 Å². The van der Waals surface area contributed by atoms with E-state index in [0.29, 0.717) is 5.69 Å². The van der Waals surface area contributed by atoms with Crippen molar-refractivity contribution >= 4 is 33.6 Å². The van der Waals surface area contributed by atoms with Gasteiger partial charge in [-0.25, -0.2) is 9.52 Å². The van der Waals surface area contributed by atoms with Gasteiger partial charge in [-0.15, -0.1) is 11.6 Å². The van der Waals surface area contributed by atoms with Crippen LogP contribution >= 0.6 is 11.6 Å². The molecule has 0 aromatic heterocycles. The number of alkyl halides is 1. The lowest BCUT2D eigenvalue weighted by Crippen LogP contribution is -2.36. The molecule has 0 fully saturated rings. The monoisotopic (exact) mass is 278 g/mol. The van der Waals surface area contributed by atoms with Crippen LogP contribution in [0.5, 0.6) is 0 Å². The van der Waals surface area contributed by atoms with E-state index in [9.17, 15) is 13.2 Å². The van der Waals surface area contributed by atoms with Crippen molar-refractivity contribution in [3.05, 3.63) is 30.3 Å². The summed E-state index contributed by atoms with van der Waals surface area (Å²) in [6, 6.07) is 8.14. The van der Waals surface area contributed by atoms with E-state index in [1.807, 2.05) is 0 Å². The molecular formula is C9H11ClN2O4S. The predicted octanol–water partition coefficient (Wildman–Crippen LogP) is 1.31. The van der Waals surface area contributed by atoms with E-state index in [4.69, 9.17) is 11.6 Å². The minimum Gasteiger partial charge on any atom is -0.448 e. The van der Waals surface area contributed by atoms with Crippen molar-refractivity contribution in [3.8, 4) is 0 Å². The topological polar surface area (TPSA) is 84.5 Å². The van der Waals surface area contributed by atoms with Crippen LogP contribution < -0.4 is 9.44 Å². The van der Waals surface area contributed by atoms with Crippen LogP contribution in [0.4, 0.5) is 10.5 Å². The second kappa shape index (κ2) is 6.31. The van der Waals surface area contributed by atoms with Gasteiger partial charge < -0.3 is 4.74 Å². The Balaban J connectivity index is 2.55. The van der Waals surface area contributed by atoms with Crippen molar-refractivity contribution in [2.45, 2.75) is 0 Å². The number of nitrogens with one attached hydrogen (secondary N) is 2.